The molecule has 0 spiro atoms. The minimum Gasteiger partial charge on any atom is -0.488 e. The molecule has 1 heterocycles. The highest BCUT2D eigenvalue weighted by atomic mass is 19.1. The fourth-order valence-electron chi connectivity index (χ4n) is 3.27. The van der Waals surface area contributed by atoms with Crippen LogP contribution in [0.2, 0.25) is 0 Å². The molecule has 2 aromatic carbocycles. The molecule has 1 aliphatic rings. The number of rotatable bonds is 9. The Hall–Kier alpha value is -4.23. The van der Waals surface area contributed by atoms with Crippen molar-refractivity contribution in [3.63, 3.8) is 0 Å². The first-order valence-corrected chi connectivity index (χ1v) is 10.4. The maximum Gasteiger partial charge on any atom is 0.253 e. The van der Waals surface area contributed by atoms with Crippen molar-refractivity contribution in [2.75, 3.05) is 39.1 Å². The van der Waals surface area contributed by atoms with Crippen LogP contribution in [0.1, 0.15) is 21.5 Å². The van der Waals surface area contributed by atoms with E-state index in [2.05, 4.69) is 6.07 Å². The molecule has 2 aromatic rings. The summed E-state index contributed by atoms with van der Waals surface area (Å²) in [6.45, 7) is 1.18. The topological polar surface area (TPSA) is 156 Å². The van der Waals surface area contributed by atoms with Crippen molar-refractivity contribution in [2.45, 2.75) is 0 Å². The molecule has 0 unspecified atom stereocenters. The first-order chi connectivity index (χ1) is 16.2. The van der Waals surface area contributed by atoms with Crippen LogP contribution in [0.4, 0.5) is 10.1 Å². The quantitative estimate of drug-likeness (QED) is 0.221. The number of ketones is 1. The average molecular weight is 465 g/mol. The maximum atomic E-state index is 14.3. The lowest BCUT2D eigenvalue weighted by molar-refractivity contribution is -0.108. The van der Waals surface area contributed by atoms with Crippen molar-refractivity contribution in [1.29, 1.82) is 10.7 Å². The van der Waals surface area contributed by atoms with Crippen molar-refractivity contribution >= 4 is 28.8 Å². The Bertz CT molecular complexity index is 1180. The Morgan fingerprint density at radius 2 is 1.88 bits per heavy atom. The SMILES string of the molecule is COCCOc1cc(N)c(C(=N)C(=O)/C=C(\N)c2ccc(C(=O)N3CC(C#N)C3)cc2)cc1F. The number of carbonyl (C=O) groups excluding carboxylic acids is 2. The summed E-state index contributed by atoms with van der Waals surface area (Å²) in [5, 5.41) is 17.0. The van der Waals surface area contributed by atoms with Crippen LogP contribution < -0.4 is 16.2 Å². The third-order valence-electron chi connectivity index (χ3n) is 5.27. The Morgan fingerprint density at radius 1 is 1.24 bits per heavy atom. The van der Waals surface area contributed by atoms with Gasteiger partial charge in [-0.05, 0) is 23.8 Å². The van der Waals surface area contributed by atoms with Crippen molar-refractivity contribution in [3.8, 4) is 11.8 Å². The van der Waals surface area contributed by atoms with Crippen LogP contribution in [-0.2, 0) is 9.53 Å². The summed E-state index contributed by atoms with van der Waals surface area (Å²) in [5.41, 5.74) is 12.3. The van der Waals surface area contributed by atoms with E-state index in [-0.39, 0.29) is 47.7 Å². The van der Waals surface area contributed by atoms with E-state index in [1.807, 2.05) is 0 Å². The molecule has 0 bridgehead atoms. The number of ether oxygens (including phenoxy) is 2. The average Bonchev–Trinajstić information content (AvgIpc) is 2.80. The lowest BCUT2D eigenvalue weighted by Crippen LogP contribution is -2.49. The lowest BCUT2D eigenvalue weighted by Gasteiger charge is -2.35. The van der Waals surface area contributed by atoms with Gasteiger partial charge in [0.1, 0.15) is 12.3 Å². The van der Waals surface area contributed by atoms with Crippen molar-refractivity contribution < 1.29 is 23.5 Å². The summed E-state index contributed by atoms with van der Waals surface area (Å²) in [6, 6.07) is 10.6. The molecule has 34 heavy (non-hydrogen) atoms. The van der Waals surface area contributed by atoms with Gasteiger partial charge in [0.2, 0.25) is 5.78 Å². The fraction of sp³-hybridized carbons (Fsp3) is 0.250. The molecule has 5 N–H and O–H groups in total. The highest BCUT2D eigenvalue weighted by molar-refractivity contribution is 6.50. The molecule has 10 heteroatoms. The number of hydrogen-bond donors (Lipinski definition) is 3. The van der Waals surface area contributed by atoms with Gasteiger partial charge in [0, 0.05) is 54.9 Å². The molecule has 0 atom stereocenters. The van der Waals surface area contributed by atoms with E-state index in [1.54, 1.807) is 29.2 Å². The fourth-order valence-corrected chi connectivity index (χ4v) is 3.27. The summed E-state index contributed by atoms with van der Waals surface area (Å²) in [4.78, 5) is 26.5. The van der Waals surface area contributed by atoms with E-state index >= 15 is 0 Å². The molecule has 1 aliphatic heterocycles. The number of allylic oxidation sites excluding steroid dienone is 1. The lowest BCUT2D eigenvalue weighted by atomic mass is 9.99. The minimum absolute atomic E-state index is 0.00614. The summed E-state index contributed by atoms with van der Waals surface area (Å²) in [7, 11) is 1.48. The van der Waals surface area contributed by atoms with Crippen LogP contribution >= 0.6 is 0 Å². The molecule has 1 fully saturated rings. The number of nitrogen functional groups attached to an aromatic ring is 1. The van der Waals surface area contributed by atoms with Gasteiger partial charge in [-0.15, -0.1) is 0 Å². The third kappa shape index (κ3) is 5.39. The van der Waals surface area contributed by atoms with E-state index in [0.717, 1.165) is 12.1 Å². The molecule has 1 amide bonds. The van der Waals surface area contributed by atoms with Crippen molar-refractivity contribution in [2.24, 2.45) is 11.7 Å². The Labute approximate surface area is 195 Å². The van der Waals surface area contributed by atoms with Gasteiger partial charge in [0.05, 0.1) is 18.6 Å². The smallest absolute Gasteiger partial charge is 0.253 e. The molecule has 0 radical (unpaired) electrons. The normalized spacial score (nSPS) is 13.7. The zero-order valence-corrected chi connectivity index (χ0v) is 18.5. The van der Waals surface area contributed by atoms with Gasteiger partial charge in [-0.1, -0.05) is 12.1 Å². The van der Waals surface area contributed by atoms with Gasteiger partial charge in [0.25, 0.3) is 5.91 Å². The zero-order chi connectivity index (χ0) is 24.8. The number of anilines is 1. The minimum atomic E-state index is -0.765. The van der Waals surface area contributed by atoms with Crippen LogP contribution in [0, 0.1) is 28.5 Å². The largest absolute Gasteiger partial charge is 0.488 e. The predicted molar refractivity (Wildman–Crippen MR) is 124 cm³/mol. The summed E-state index contributed by atoms with van der Waals surface area (Å²) in [6.07, 6.45) is 1.05. The molecule has 0 aliphatic carbocycles. The highest BCUT2D eigenvalue weighted by Crippen LogP contribution is 2.25. The molecular weight excluding hydrogens is 441 g/mol. The summed E-state index contributed by atoms with van der Waals surface area (Å²) in [5.74, 6) is -1.96. The van der Waals surface area contributed by atoms with Gasteiger partial charge in [-0.25, -0.2) is 4.39 Å². The van der Waals surface area contributed by atoms with Gasteiger partial charge < -0.3 is 25.8 Å². The molecule has 9 nitrogen and oxygen atoms in total. The van der Waals surface area contributed by atoms with E-state index < -0.39 is 17.3 Å². The van der Waals surface area contributed by atoms with Crippen LogP contribution in [0.15, 0.2) is 42.5 Å². The highest BCUT2D eigenvalue weighted by Gasteiger charge is 2.30. The molecular formula is C24H24FN5O4. The monoisotopic (exact) mass is 465 g/mol. The van der Waals surface area contributed by atoms with E-state index in [4.69, 9.17) is 31.6 Å². The number of nitrogens with two attached hydrogens (primary N) is 2. The molecule has 0 saturated carbocycles. The van der Waals surface area contributed by atoms with Crippen LogP contribution in [0.3, 0.4) is 0 Å². The van der Waals surface area contributed by atoms with Crippen LogP contribution in [0.5, 0.6) is 5.75 Å². The Balaban J connectivity index is 1.69. The van der Waals surface area contributed by atoms with E-state index in [0.29, 0.717) is 24.2 Å². The standard InChI is InChI=1S/C24H24FN5O4/c1-33-6-7-34-22-10-20(28)17(8-18(22)25)23(29)21(31)9-19(27)15-2-4-16(5-3-15)24(32)30-12-14(11-26)13-30/h2-5,8-10,14,29H,6-7,12-13,27-28H2,1H3/b19-9-,29-23?. The summed E-state index contributed by atoms with van der Waals surface area (Å²) >= 11 is 0. The second kappa shape index (κ2) is 10.6. The van der Waals surface area contributed by atoms with Crippen molar-refractivity contribution in [1.82, 2.24) is 4.90 Å². The number of carbonyl (C=O) groups is 2. The number of nitrogens with zero attached hydrogens (tertiary/aromatic N) is 2. The van der Waals surface area contributed by atoms with E-state index in [9.17, 15) is 14.0 Å². The van der Waals surface area contributed by atoms with Gasteiger partial charge in [-0.3, -0.25) is 15.0 Å². The number of amides is 1. The Kier molecular flexibility index (Phi) is 7.60. The number of nitrogens with one attached hydrogen (secondary N) is 1. The first-order valence-electron chi connectivity index (χ1n) is 10.4. The number of methoxy groups -OCH3 is 1. The number of benzene rings is 2. The zero-order valence-electron chi connectivity index (χ0n) is 18.5. The predicted octanol–water partition coefficient (Wildman–Crippen LogP) is 1.97. The molecule has 3 rings (SSSR count). The second-order valence-corrected chi connectivity index (χ2v) is 7.66. The molecule has 0 aromatic heterocycles. The number of likely N-dealkylation sites (tertiary alicyclic amines) is 1. The summed E-state index contributed by atoms with van der Waals surface area (Å²) < 4.78 is 24.4. The third-order valence-corrected chi connectivity index (χ3v) is 5.27. The molecule has 1 saturated heterocycles. The Morgan fingerprint density at radius 3 is 2.50 bits per heavy atom. The molecule has 176 valence electrons. The maximum absolute atomic E-state index is 14.3. The van der Waals surface area contributed by atoms with Gasteiger partial charge in [0.15, 0.2) is 11.6 Å². The van der Waals surface area contributed by atoms with Crippen LogP contribution in [-0.4, -0.2) is 55.7 Å². The van der Waals surface area contributed by atoms with Gasteiger partial charge in [-0.2, -0.15) is 5.26 Å². The number of halogens is 1. The van der Waals surface area contributed by atoms with E-state index in [1.165, 1.54) is 13.2 Å². The number of nitriles is 1. The van der Waals surface area contributed by atoms with Crippen LogP contribution in [0.25, 0.3) is 5.70 Å². The first kappa shape index (κ1) is 24.4. The number of hydrogen-bond acceptors (Lipinski definition) is 8. The van der Waals surface area contributed by atoms with Crippen molar-refractivity contribution in [3.05, 3.63) is 65.0 Å². The second-order valence-electron chi connectivity index (χ2n) is 7.66. The van der Waals surface area contributed by atoms with Gasteiger partial charge >= 0.3 is 0 Å².